The highest BCUT2D eigenvalue weighted by atomic mass is 19.1. The number of hydrogen-bond donors (Lipinski definition) is 2. The van der Waals surface area contributed by atoms with Crippen LogP contribution in [0.5, 0.6) is 5.75 Å². The van der Waals surface area contributed by atoms with Gasteiger partial charge in [0.25, 0.3) is 5.91 Å². The molecule has 0 aliphatic rings. The summed E-state index contributed by atoms with van der Waals surface area (Å²) < 4.78 is 18.3. The number of aliphatic hydroxyl groups is 1. The van der Waals surface area contributed by atoms with Crippen molar-refractivity contribution < 1.29 is 19.0 Å². The molecule has 2 rings (SSSR count). The molecule has 1 amide bonds. The molecule has 0 aromatic heterocycles. The minimum atomic E-state index is -0.700. The van der Waals surface area contributed by atoms with Crippen molar-refractivity contribution in [3.05, 3.63) is 65.5 Å². The van der Waals surface area contributed by atoms with Crippen LogP contribution in [0.1, 0.15) is 15.9 Å². The van der Waals surface area contributed by atoms with E-state index in [1.165, 1.54) is 19.2 Å². The van der Waals surface area contributed by atoms with E-state index in [2.05, 4.69) is 5.32 Å². The summed E-state index contributed by atoms with van der Waals surface area (Å²) in [7, 11) is 1.36. The molecule has 22 heavy (non-hydrogen) atoms. The quantitative estimate of drug-likeness (QED) is 0.860. The van der Waals surface area contributed by atoms with Gasteiger partial charge >= 0.3 is 0 Å². The van der Waals surface area contributed by atoms with E-state index in [-0.39, 0.29) is 17.9 Å². The number of methoxy groups -OCH3 is 1. The monoisotopic (exact) mass is 303 g/mol. The third-order valence-electron chi connectivity index (χ3n) is 3.23. The van der Waals surface area contributed by atoms with Crippen LogP contribution in [0.3, 0.4) is 0 Å². The topological polar surface area (TPSA) is 58.6 Å². The van der Waals surface area contributed by atoms with Gasteiger partial charge in [-0.2, -0.15) is 0 Å². The number of hydrogen-bond acceptors (Lipinski definition) is 3. The van der Waals surface area contributed by atoms with Gasteiger partial charge in [0.1, 0.15) is 0 Å². The lowest BCUT2D eigenvalue weighted by Crippen LogP contribution is -2.33. The summed E-state index contributed by atoms with van der Waals surface area (Å²) in [5, 5.41) is 12.5. The zero-order valence-electron chi connectivity index (χ0n) is 12.3. The van der Waals surface area contributed by atoms with Crippen molar-refractivity contribution in [2.45, 2.75) is 12.5 Å². The molecular weight excluding hydrogens is 285 g/mol. The SMILES string of the molecule is COc1ccc(C(=O)NCC(O)Cc2ccccc2)cc1F. The van der Waals surface area contributed by atoms with E-state index in [1.807, 2.05) is 30.3 Å². The first kappa shape index (κ1) is 16.0. The van der Waals surface area contributed by atoms with Crippen LogP contribution in [-0.2, 0) is 6.42 Å². The summed E-state index contributed by atoms with van der Waals surface area (Å²) >= 11 is 0. The molecule has 0 fully saturated rings. The van der Waals surface area contributed by atoms with Crippen LogP contribution in [0.4, 0.5) is 4.39 Å². The van der Waals surface area contributed by atoms with Gasteiger partial charge in [-0.15, -0.1) is 0 Å². The molecule has 0 bridgehead atoms. The van der Waals surface area contributed by atoms with Crippen molar-refractivity contribution in [1.82, 2.24) is 5.32 Å². The smallest absolute Gasteiger partial charge is 0.251 e. The first-order valence-corrected chi connectivity index (χ1v) is 6.94. The van der Waals surface area contributed by atoms with Crippen LogP contribution < -0.4 is 10.1 Å². The van der Waals surface area contributed by atoms with E-state index in [9.17, 15) is 14.3 Å². The van der Waals surface area contributed by atoms with Gasteiger partial charge in [0.15, 0.2) is 11.6 Å². The molecule has 116 valence electrons. The van der Waals surface area contributed by atoms with E-state index in [4.69, 9.17) is 4.74 Å². The number of aliphatic hydroxyl groups excluding tert-OH is 1. The maximum Gasteiger partial charge on any atom is 0.251 e. The first-order valence-electron chi connectivity index (χ1n) is 6.94. The number of carbonyl (C=O) groups is 1. The minimum Gasteiger partial charge on any atom is -0.494 e. The standard InChI is InChI=1S/C17H18FNO3/c1-22-16-8-7-13(10-15(16)18)17(21)19-11-14(20)9-12-5-3-2-4-6-12/h2-8,10,14,20H,9,11H2,1H3,(H,19,21). The zero-order chi connectivity index (χ0) is 15.9. The van der Waals surface area contributed by atoms with Crippen molar-refractivity contribution in [2.75, 3.05) is 13.7 Å². The van der Waals surface area contributed by atoms with Crippen molar-refractivity contribution in [2.24, 2.45) is 0 Å². The number of amides is 1. The molecule has 2 aromatic carbocycles. The normalized spacial score (nSPS) is 11.8. The molecule has 0 radical (unpaired) electrons. The van der Waals surface area contributed by atoms with Crippen LogP contribution in [0.25, 0.3) is 0 Å². The lowest BCUT2D eigenvalue weighted by atomic mass is 10.1. The molecule has 2 aromatic rings. The number of halogens is 1. The summed E-state index contributed by atoms with van der Waals surface area (Å²) in [6, 6.07) is 13.5. The molecule has 4 nitrogen and oxygen atoms in total. The average Bonchev–Trinajstić information content (AvgIpc) is 2.53. The van der Waals surface area contributed by atoms with Crippen LogP contribution in [0.15, 0.2) is 48.5 Å². The van der Waals surface area contributed by atoms with Gasteiger partial charge in [-0.3, -0.25) is 4.79 Å². The van der Waals surface area contributed by atoms with Crippen molar-refractivity contribution >= 4 is 5.91 Å². The van der Waals surface area contributed by atoms with Gasteiger partial charge < -0.3 is 15.2 Å². The molecule has 0 saturated heterocycles. The summed E-state index contributed by atoms with van der Waals surface area (Å²) in [6.07, 6.45) is -0.257. The first-order chi connectivity index (χ1) is 10.6. The van der Waals surface area contributed by atoms with E-state index < -0.39 is 17.8 Å². The fraction of sp³-hybridized carbons (Fsp3) is 0.235. The summed E-state index contributed by atoms with van der Waals surface area (Å²) in [4.78, 5) is 11.9. The van der Waals surface area contributed by atoms with Gasteiger partial charge in [0.2, 0.25) is 0 Å². The molecule has 0 heterocycles. The van der Waals surface area contributed by atoms with E-state index in [0.717, 1.165) is 11.6 Å². The second-order valence-electron chi connectivity index (χ2n) is 4.90. The molecule has 5 heteroatoms. The molecule has 1 unspecified atom stereocenters. The van der Waals surface area contributed by atoms with Crippen LogP contribution in [0, 0.1) is 5.82 Å². The number of ether oxygens (including phenoxy) is 1. The molecule has 1 atom stereocenters. The predicted molar refractivity (Wildman–Crippen MR) is 81.4 cm³/mol. The van der Waals surface area contributed by atoms with Gasteiger partial charge in [-0.05, 0) is 23.8 Å². The fourth-order valence-electron chi connectivity index (χ4n) is 2.08. The van der Waals surface area contributed by atoms with Crippen LogP contribution in [-0.4, -0.2) is 30.8 Å². The number of carbonyl (C=O) groups excluding carboxylic acids is 1. The molecule has 0 spiro atoms. The maximum atomic E-state index is 13.5. The minimum absolute atomic E-state index is 0.0839. The Morgan fingerprint density at radius 1 is 1.27 bits per heavy atom. The fourth-order valence-corrected chi connectivity index (χ4v) is 2.08. The number of benzene rings is 2. The van der Waals surface area contributed by atoms with Gasteiger partial charge in [-0.1, -0.05) is 30.3 Å². The highest BCUT2D eigenvalue weighted by Crippen LogP contribution is 2.17. The van der Waals surface area contributed by atoms with Gasteiger partial charge in [-0.25, -0.2) is 4.39 Å². The maximum absolute atomic E-state index is 13.5. The Bertz CT molecular complexity index is 631. The van der Waals surface area contributed by atoms with Crippen molar-refractivity contribution in [1.29, 1.82) is 0 Å². The van der Waals surface area contributed by atoms with Crippen molar-refractivity contribution in [3.8, 4) is 5.75 Å². The Morgan fingerprint density at radius 3 is 2.64 bits per heavy atom. The Balaban J connectivity index is 1.88. The van der Waals surface area contributed by atoms with Crippen molar-refractivity contribution in [3.63, 3.8) is 0 Å². The van der Waals surface area contributed by atoms with E-state index in [1.54, 1.807) is 0 Å². The lowest BCUT2D eigenvalue weighted by Gasteiger charge is -2.12. The number of rotatable bonds is 6. The van der Waals surface area contributed by atoms with Gasteiger partial charge in [0, 0.05) is 18.5 Å². The second-order valence-corrected chi connectivity index (χ2v) is 4.90. The molecule has 0 aliphatic heterocycles. The molecule has 2 N–H and O–H groups in total. The number of nitrogens with one attached hydrogen (secondary N) is 1. The highest BCUT2D eigenvalue weighted by Gasteiger charge is 2.12. The Hall–Kier alpha value is -2.40. The Labute approximate surface area is 128 Å². The van der Waals surface area contributed by atoms with E-state index >= 15 is 0 Å². The summed E-state index contributed by atoms with van der Waals surface area (Å²) in [5.74, 6) is -0.950. The Kier molecular flexibility index (Phi) is 5.49. The average molecular weight is 303 g/mol. The summed E-state index contributed by atoms with van der Waals surface area (Å²) in [5.41, 5.74) is 1.17. The van der Waals surface area contributed by atoms with Gasteiger partial charge in [0.05, 0.1) is 13.2 Å². The third-order valence-corrected chi connectivity index (χ3v) is 3.23. The second kappa shape index (κ2) is 7.56. The van der Waals surface area contributed by atoms with E-state index in [0.29, 0.717) is 6.42 Å². The lowest BCUT2D eigenvalue weighted by molar-refractivity contribution is 0.0915. The molecule has 0 saturated carbocycles. The van der Waals surface area contributed by atoms with Crippen LogP contribution >= 0.6 is 0 Å². The molecular formula is C17H18FNO3. The summed E-state index contributed by atoms with van der Waals surface area (Å²) in [6.45, 7) is 0.0986. The molecule has 0 aliphatic carbocycles. The Morgan fingerprint density at radius 2 is 2.00 bits per heavy atom. The van der Waals surface area contributed by atoms with Crippen LogP contribution in [0.2, 0.25) is 0 Å². The largest absolute Gasteiger partial charge is 0.494 e. The zero-order valence-corrected chi connectivity index (χ0v) is 12.3. The third kappa shape index (κ3) is 4.30. The predicted octanol–water partition coefficient (Wildman–Crippen LogP) is 2.17. The highest BCUT2D eigenvalue weighted by molar-refractivity contribution is 5.94.